The lowest BCUT2D eigenvalue weighted by atomic mass is 9.84. The molecular weight excluding hydrogens is 262 g/mol. The van der Waals surface area contributed by atoms with Crippen LogP contribution in [0.3, 0.4) is 0 Å². The zero-order valence-corrected chi connectivity index (χ0v) is 12.0. The first-order valence-corrected chi connectivity index (χ1v) is 6.89. The van der Waals surface area contributed by atoms with Crippen LogP contribution in [-0.2, 0) is 19.0 Å². The van der Waals surface area contributed by atoms with Gasteiger partial charge in [-0.2, -0.15) is 0 Å². The van der Waals surface area contributed by atoms with Gasteiger partial charge in [0.05, 0.1) is 6.26 Å². The maximum Gasteiger partial charge on any atom is 0.409 e. The van der Waals surface area contributed by atoms with E-state index in [0.29, 0.717) is 5.92 Å². The molecule has 0 aromatic heterocycles. The van der Waals surface area contributed by atoms with Crippen LogP contribution in [0.25, 0.3) is 0 Å². The molecule has 6 heteroatoms. The van der Waals surface area contributed by atoms with Crippen molar-refractivity contribution in [2.75, 3.05) is 13.7 Å². The summed E-state index contributed by atoms with van der Waals surface area (Å²) < 4.78 is 15.9. The van der Waals surface area contributed by atoms with Gasteiger partial charge in [0.15, 0.2) is 0 Å². The van der Waals surface area contributed by atoms with E-state index in [0.717, 1.165) is 18.4 Å². The van der Waals surface area contributed by atoms with Crippen LogP contribution in [0, 0.1) is 17.8 Å². The third-order valence-electron chi connectivity index (χ3n) is 4.07. The second-order valence-electron chi connectivity index (χ2n) is 5.37. The maximum atomic E-state index is 11.4. The van der Waals surface area contributed by atoms with Gasteiger partial charge in [0, 0.05) is 25.5 Å². The van der Waals surface area contributed by atoms with E-state index in [1.807, 2.05) is 0 Å². The van der Waals surface area contributed by atoms with Crippen molar-refractivity contribution in [1.82, 2.24) is 5.32 Å². The van der Waals surface area contributed by atoms with Crippen LogP contribution < -0.4 is 5.32 Å². The van der Waals surface area contributed by atoms with E-state index in [1.54, 1.807) is 6.26 Å². The Morgan fingerprint density at radius 1 is 1.45 bits per heavy atom. The smallest absolute Gasteiger partial charge is 0.409 e. The topological polar surface area (TPSA) is 73.9 Å². The van der Waals surface area contributed by atoms with Crippen molar-refractivity contribution in [1.29, 1.82) is 0 Å². The molecule has 1 aliphatic heterocycles. The lowest BCUT2D eigenvalue weighted by Gasteiger charge is -2.35. The van der Waals surface area contributed by atoms with Gasteiger partial charge in [-0.15, -0.1) is 0 Å². The average Bonchev–Trinajstić information content (AvgIpc) is 2.80. The Balaban J connectivity index is 2.08. The van der Waals surface area contributed by atoms with Gasteiger partial charge in [0.25, 0.3) is 0 Å². The zero-order valence-electron chi connectivity index (χ0n) is 12.0. The van der Waals surface area contributed by atoms with E-state index >= 15 is 0 Å². The molecule has 0 bridgehead atoms. The summed E-state index contributed by atoms with van der Waals surface area (Å²) in [5, 5.41) is 2.43. The van der Waals surface area contributed by atoms with E-state index in [1.165, 1.54) is 14.0 Å². The molecule has 0 aromatic carbocycles. The van der Waals surface area contributed by atoms with Gasteiger partial charge in [-0.05, 0) is 24.7 Å². The summed E-state index contributed by atoms with van der Waals surface area (Å²) in [5.74, 6) is 0.448. The first-order valence-electron chi connectivity index (χ1n) is 6.89. The highest BCUT2D eigenvalue weighted by atomic mass is 16.7. The Labute approximate surface area is 118 Å². The van der Waals surface area contributed by atoms with E-state index in [4.69, 9.17) is 14.2 Å². The molecule has 1 amide bonds. The molecule has 0 aromatic rings. The number of amides is 1. The second-order valence-corrected chi connectivity index (χ2v) is 5.37. The largest absolute Gasteiger partial charge is 0.462 e. The molecule has 1 heterocycles. The summed E-state index contributed by atoms with van der Waals surface area (Å²) in [5.41, 5.74) is 0.964. The molecule has 20 heavy (non-hydrogen) atoms. The monoisotopic (exact) mass is 283 g/mol. The van der Waals surface area contributed by atoms with Crippen molar-refractivity contribution >= 4 is 12.1 Å². The van der Waals surface area contributed by atoms with Crippen LogP contribution in [0.4, 0.5) is 4.79 Å². The lowest BCUT2D eigenvalue weighted by Crippen LogP contribution is -2.40. The molecule has 4 atom stereocenters. The molecule has 1 saturated carbocycles. The number of carbonyl (C=O) groups excluding carboxylic acids is 2. The predicted molar refractivity (Wildman–Crippen MR) is 70.5 cm³/mol. The number of ether oxygens (including phenoxy) is 3. The van der Waals surface area contributed by atoms with Crippen LogP contribution in [-0.4, -0.2) is 32.0 Å². The van der Waals surface area contributed by atoms with E-state index in [-0.39, 0.29) is 24.4 Å². The molecule has 6 nitrogen and oxygen atoms in total. The highest BCUT2D eigenvalue weighted by Crippen LogP contribution is 2.46. The Hall–Kier alpha value is -1.72. The van der Waals surface area contributed by atoms with Gasteiger partial charge in [-0.3, -0.25) is 4.79 Å². The van der Waals surface area contributed by atoms with Crippen LogP contribution >= 0.6 is 0 Å². The molecule has 0 radical (unpaired) electrons. The van der Waals surface area contributed by atoms with Crippen molar-refractivity contribution < 1.29 is 23.8 Å². The lowest BCUT2D eigenvalue weighted by molar-refractivity contribution is -0.142. The summed E-state index contributed by atoms with van der Waals surface area (Å²) in [7, 11) is 1.52. The number of carbonyl (C=O) groups is 2. The van der Waals surface area contributed by atoms with Crippen LogP contribution in [0.15, 0.2) is 11.8 Å². The molecule has 1 fully saturated rings. The van der Waals surface area contributed by atoms with E-state index in [2.05, 4.69) is 12.2 Å². The second kappa shape index (κ2) is 6.15. The van der Waals surface area contributed by atoms with Crippen LogP contribution in [0.5, 0.6) is 0 Å². The molecule has 2 aliphatic rings. The molecule has 0 spiro atoms. The number of hydrogen-bond donors (Lipinski definition) is 1. The van der Waals surface area contributed by atoms with Crippen molar-refractivity contribution in [3.05, 3.63) is 11.8 Å². The van der Waals surface area contributed by atoms with Crippen LogP contribution in [0.1, 0.15) is 26.7 Å². The van der Waals surface area contributed by atoms with Crippen molar-refractivity contribution in [2.24, 2.45) is 17.8 Å². The number of rotatable bonds is 3. The van der Waals surface area contributed by atoms with Gasteiger partial charge in [0.1, 0.15) is 6.61 Å². The van der Waals surface area contributed by atoms with E-state index < -0.39 is 12.4 Å². The highest BCUT2D eigenvalue weighted by molar-refractivity contribution is 5.67. The fourth-order valence-corrected chi connectivity index (χ4v) is 3.04. The summed E-state index contributed by atoms with van der Waals surface area (Å²) in [6.07, 6.45) is 2.55. The Morgan fingerprint density at radius 2 is 2.20 bits per heavy atom. The minimum atomic E-state index is -0.571. The van der Waals surface area contributed by atoms with Gasteiger partial charge in [-0.1, -0.05) is 6.92 Å². The number of esters is 1. The first kappa shape index (κ1) is 14.7. The SMILES string of the molecule is CNC(=O)OC1OC=C(COC(C)=O)C2CC[C@@H](C)C12. The molecule has 3 unspecified atom stereocenters. The summed E-state index contributed by atoms with van der Waals surface area (Å²) >= 11 is 0. The molecule has 1 N–H and O–H groups in total. The summed E-state index contributed by atoms with van der Waals surface area (Å²) in [6, 6.07) is 0. The third-order valence-corrected chi connectivity index (χ3v) is 4.07. The molecule has 112 valence electrons. The van der Waals surface area contributed by atoms with Crippen molar-refractivity contribution in [3.8, 4) is 0 Å². The van der Waals surface area contributed by atoms with Crippen LogP contribution in [0.2, 0.25) is 0 Å². The number of fused-ring (bicyclic) bond motifs is 1. The minimum Gasteiger partial charge on any atom is -0.462 e. The average molecular weight is 283 g/mol. The number of nitrogens with one attached hydrogen (secondary N) is 1. The number of alkyl carbamates (subject to hydrolysis) is 1. The minimum absolute atomic E-state index is 0.114. The Bertz CT molecular complexity index is 420. The molecule has 1 aliphatic carbocycles. The first-order chi connectivity index (χ1) is 9.52. The maximum absolute atomic E-state index is 11.4. The Kier molecular flexibility index (Phi) is 4.52. The Morgan fingerprint density at radius 3 is 2.85 bits per heavy atom. The molecule has 0 saturated heterocycles. The molecular formula is C14H21NO5. The number of hydrogen-bond acceptors (Lipinski definition) is 5. The summed E-state index contributed by atoms with van der Waals surface area (Å²) in [6.45, 7) is 3.76. The summed E-state index contributed by atoms with van der Waals surface area (Å²) in [4.78, 5) is 22.3. The normalized spacial score (nSPS) is 31.6. The fourth-order valence-electron chi connectivity index (χ4n) is 3.04. The standard InChI is InChI=1S/C14H21NO5/c1-8-4-5-11-10(6-18-9(2)16)7-19-13(12(8)11)20-14(17)15-3/h7-8,11-13H,4-6H2,1-3H3,(H,15,17)/t8-,11?,12?,13?/m1/s1. The van der Waals surface area contributed by atoms with Gasteiger partial charge in [0.2, 0.25) is 6.29 Å². The van der Waals surface area contributed by atoms with E-state index in [9.17, 15) is 9.59 Å². The fraction of sp³-hybridized carbons (Fsp3) is 0.714. The van der Waals surface area contributed by atoms with Gasteiger partial charge in [-0.25, -0.2) is 4.79 Å². The molecule has 2 rings (SSSR count). The third kappa shape index (κ3) is 3.05. The predicted octanol–water partition coefficient (Wildman–Crippen LogP) is 1.81. The van der Waals surface area contributed by atoms with Crippen molar-refractivity contribution in [2.45, 2.75) is 33.0 Å². The zero-order chi connectivity index (χ0) is 14.7. The van der Waals surface area contributed by atoms with Gasteiger partial charge >= 0.3 is 12.1 Å². The highest BCUT2D eigenvalue weighted by Gasteiger charge is 2.46. The van der Waals surface area contributed by atoms with Crippen molar-refractivity contribution in [3.63, 3.8) is 0 Å². The van der Waals surface area contributed by atoms with Gasteiger partial charge < -0.3 is 19.5 Å². The quantitative estimate of drug-likeness (QED) is 0.800.